The molecule has 0 radical (unpaired) electrons. The first kappa shape index (κ1) is 16.1. The second-order valence-electron chi connectivity index (χ2n) is 4.78. The monoisotopic (exact) mass is 290 g/mol. The molecule has 0 N–H and O–H groups in total. The Labute approximate surface area is 107 Å². The highest BCUT2D eigenvalue weighted by molar-refractivity contribution is 5.71. The summed E-state index contributed by atoms with van der Waals surface area (Å²) in [6.45, 7) is 2.34. The van der Waals surface area contributed by atoms with Crippen LogP contribution in [0.3, 0.4) is 0 Å². The maximum absolute atomic E-state index is 13.1. The van der Waals surface area contributed by atoms with E-state index in [4.69, 9.17) is 4.74 Å². The van der Waals surface area contributed by atoms with E-state index in [-0.39, 0.29) is 18.9 Å². The van der Waals surface area contributed by atoms with Crippen LogP contribution >= 0.6 is 0 Å². The molecule has 0 aromatic heterocycles. The number of rotatable bonds is 6. The lowest BCUT2D eigenvalue weighted by Crippen LogP contribution is -2.49. The van der Waals surface area contributed by atoms with Gasteiger partial charge in [0.15, 0.2) is 5.60 Å². The Morgan fingerprint density at radius 1 is 1.32 bits per heavy atom. The van der Waals surface area contributed by atoms with Crippen molar-refractivity contribution in [1.29, 1.82) is 0 Å². The molecule has 0 aromatic carbocycles. The summed E-state index contributed by atoms with van der Waals surface area (Å²) >= 11 is 0. The SMILES string of the molecule is CC(C)C(=O)OCCCC1(C(F)(F)C(F)(F)F)CO1. The zero-order valence-electron chi connectivity index (χ0n) is 10.5. The van der Waals surface area contributed by atoms with E-state index in [0.717, 1.165) is 0 Å². The van der Waals surface area contributed by atoms with Crippen LogP contribution in [-0.2, 0) is 14.3 Å². The van der Waals surface area contributed by atoms with Crippen LogP contribution in [-0.4, -0.2) is 36.9 Å². The average molecular weight is 290 g/mol. The maximum atomic E-state index is 13.1. The van der Waals surface area contributed by atoms with Gasteiger partial charge in [-0.2, -0.15) is 22.0 Å². The van der Waals surface area contributed by atoms with Crippen LogP contribution in [0.25, 0.3) is 0 Å². The number of carbonyl (C=O) groups excluding carboxylic acids is 1. The van der Waals surface area contributed by atoms with E-state index < -0.39 is 36.7 Å². The highest BCUT2D eigenvalue weighted by Crippen LogP contribution is 2.53. The summed E-state index contributed by atoms with van der Waals surface area (Å²) in [6.07, 6.45) is -6.26. The fourth-order valence-electron chi connectivity index (χ4n) is 1.53. The fourth-order valence-corrected chi connectivity index (χ4v) is 1.53. The van der Waals surface area contributed by atoms with Crippen LogP contribution in [0, 0.1) is 5.92 Å². The van der Waals surface area contributed by atoms with Gasteiger partial charge in [0.25, 0.3) is 0 Å². The van der Waals surface area contributed by atoms with Gasteiger partial charge in [0.1, 0.15) is 0 Å². The number of hydrogen-bond acceptors (Lipinski definition) is 3. The third kappa shape index (κ3) is 3.34. The number of halogens is 5. The van der Waals surface area contributed by atoms with Crippen molar-refractivity contribution in [2.75, 3.05) is 13.2 Å². The van der Waals surface area contributed by atoms with Gasteiger partial charge in [-0.15, -0.1) is 0 Å². The zero-order chi connectivity index (χ0) is 14.9. The predicted molar refractivity (Wildman–Crippen MR) is 54.7 cm³/mol. The molecule has 1 fully saturated rings. The summed E-state index contributed by atoms with van der Waals surface area (Å²) in [5.41, 5.74) is -2.49. The van der Waals surface area contributed by atoms with Gasteiger partial charge in [0.05, 0.1) is 19.1 Å². The van der Waals surface area contributed by atoms with E-state index in [1.54, 1.807) is 13.8 Å². The molecular weight excluding hydrogens is 275 g/mol. The third-order valence-corrected chi connectivity index (χ3v) is 2.86. The lowest BCUT2D eigenvalue weighted by Gasteiger charge is -2.25. The first-order valence-corrected chi connectivity index (χ1v) is 5.79. The second kappa shape index (κ2) is 5.22. The Morgan fingerprint density at radius 3 is 2.21 bits per heavy atom. The van der Waals surface area contributed by atoms with Crippen molar-refractivity contribution in [3.63, 3.8) is 0 Å². The normalized spacial score (nSPS) is 23.6. The number of esters is 1. The Bertz CT molecular complexity index is 334. The van der Waals surface area contributed by atoms with Gasteiger partial charge in [-0.25, -0.2) is 0 Å². The first-order chi connectivity index (χ1) is 8.53. The Kier molecular flexibility index (Phi) is 4.44. The van der Waals surface area contributed by atoms with Crippen LogP contribution in [0.4, 0.5) is 22.0 Å². The molecule has 1 unspecified atom stereocenters. The molecular formula is C11H15F5O3. The molecule has 1 atom stereocenters. The molecule has 19 heavy (non-hydrogen) atoms. The van der Waals surface area contributed by atoms with Crippen molar-refractivity contribution in [1.82, 2.24) is 0 Å². The molecule has 3 nitrogen and oxygen atoms in total. The summed E-state index contributed by atoms with van der Waals surface area (Å²) in [4.78, 5) is 11.1. The quantitative estimate of drug-likeness (QED) is 0.327. The van der Waals surface area contributed by atoms with Gasteiger partial charge in [-0.05, 0) is 12.8 Å². The molecule has 0 amide bonds. The van der Waals surface area contributed by atoms with Gasteiger partial charge in [0, 0.05) is 0 Å². The number of hydrogen-bond donors (Lipinski definition) is 0. The lowest BCUT2D eigenvalue weighted by molar-refractivity contribution is -0.306. The van der Waals surface area contributed by atoms with Crippen LogP contribution in [0.1, 0.15) is 26.7 Å². The minimum atomic E-state index is -5.64. The van der Waals surface area contributed by atoms with Crippen LogP contribution in [0.2, 0.25) is 0 Å². The van der Waals surface area contributed by atoms with Gasteiger partial charge >= 0.3 is 18.1 Å². The van der Waals surface area contributed by atoms with E-state index in [0.29, 0.717) is 0 Å². The van der Waals surface area contributed by atoms with Crippen molar-refractivity contribution >= 4 is 5.97 Å². The molecule has 0 aromatic rings. The summed E-state index contributed by atoms with van der Waals surface area (Å²) in [7, 11) is 0. The van der Waals surface area contributed by atoms with Gasteiger partial charge in [-0.3, -0.25) is 4.79 Å². The molecule has 1 rings (SSSR count). The average Bonchev–Trinajstić information content (AvgIpc) is 3.03. The summed E-state index contributed by atoms with van der Waals surface area (Å²) < 4.78 is 71.9. The van der Waals surface area contributed by atoms with E-state index in [9.17, 15) is 26.7 Å². The molecule has 0 bridgehead atoms. The standard InChI is InChI=1S/C11H15F5O3/c1-7(2)8(17)18-5-3-4-9(6-19-9)10(12,13)11(14,15)16/h7H,3-6H2,1-2H3. The van der Waals surface area contributed by atoms with E-state index in [1.807, 2.05) is 0 Å². The predicted octanol–water partition coefficient (Wildman–Crippen LogP) is 2.93. The van der Waals surface area contributed by atoms with Crippen molar-refractivity contribution in [2.45, 2.75) is 44.4 Å². The van der Waals surface area contributed by atoms with Crippen molar-refractivity contribution in [3.05, 3.63) is 0 Å². The maximum Gasteiger partial charge on any atom is 0.456 e. The van der Waals surface area contributed by atoms with E-state index in [1.165, 1.54) is 0 Å². The van der Waals surface area contributed by atoms with Gasteiger partial charge in [-0.1, -0.05) is 13.8 Å². The minimum Gasteiger partial charge on any atom is -0.465 e. The molecule has 1 saturated heterocycles. The van der Waals surface area contributed by atoms with Gasteiger partial charge < -0.3 is 9.47 Å². The molecule has 1 aliphatic rings. The molecule has 0 saturated carbocycles. The topological polar surface area (TPSA) is 38.8 Å². The summed E-state index contributed by atoms with van der Waals surface area (Å²) in [5, 5.41) is 0. The Balaban J connectivity index is 2.43. The Morgan fingerprint density at radius 2 is 1.84 bits per heavy atom. The minimum absolute atomic E-state index is 0.107. The fraction of sp³-hybridized carbons (Fsp3) is 0.909. The molecule has 8 heteroatoms. The van der Waals surface area contributed by atoms with Crippen LogP contribution in [0.15, 0.2) is 0 Å². The van der Waals surface area contributed by atoms with Crippen LogP contribution in [0.5, 0.6) is 0 Å². The first-order valence-electron chi connectivity index (χ1n) is 5.79. The molecule has 0 spiro atoms. The molecule has 112 valence electrons. The molecule has 1 heterocycles. The van der Waals surface area contributed by atoms with E-state index in [2.05, 4.69) is 4.74 Å². The van der Waals surface area contributed by atoms with E-state index >= 15 is 0 Å². The number of ether oxygens (including phenoxy) is 2. The molecule has 1 aliphatic heterocycles. The van der Waals surface area contributed by atoms with Crippen molar-refractivity contribution in [3.8, 4) is 0 Å². The van der Waals surface area contributed by atoms with Gasteiger partial charge in [0.2, 0.25) is 0 Å². The number of alkyl halides is 5. The Hall–Kier alpha value is -0.920. The van der Waals surface area contributed by atoms with Crippen molar-refractivity contribution < 1.29 is 36.2 Å². The number of carbonyl (C=O) groups is 1. The lowest BCUT2D eigenvalue weighted by atomic mass is 9.96. The smallest absolute Gasteiger partial charge is 0.456 e. The zero-order valence-corrected chi connectivity index (χ0v) is 10.5. The van der Waals surface area contributed by atoms with Crippen LogP contribution < -0.4 is 0 Å². The highest BCUT2D eigenvalue weighted by atomic mass is 19.4. The summed E-state index contributed by atoms with van der Waals surface area (Å²) in [6, 6.07) is 0. The molecule has 0 aliphatic carbocycles. The third-order valence-electron chi connectivity index (χ3n) is 2.86. The summed E-state index contributed by atoms with van der Waals surface area (Å²) in [5.74, 6) is -5.78. The highest BCUT2D eigenvalue weighted by Gasteiger charge is 2.76. The largest absolute Gasteiger partial charge is 0.465 e. The second-order valence-corrected chi connectivity index (χ2v) is 4.78. The number of epoxide rings is 1. The van der Waals surface area contributed by atoms with Crippen molar-refractivity contribution in [2.24, 2.45) is 5.92 Å².